The number of likely N-dealkylation sites (tertiary alicyclic amines) is 2. The second-order valence-electron chi connectivity index (χ2n) is 10.9. The molecule has 0 saturated carbocycles. The van der Waals surface area contributed by atoms with E-state index in [-0.39, 0.29) is 11.3 Å². The van der Waals surface area contributed by atoms with E-state index in [1.165, 1.54) is 11.1 Å². The summed E-state index contributed by atoms with van der Waals surface area (Å²) in [6, 6.07) is 23.3. The first-order valence-electron chi connectivity index (χ1n) is 13.8. The molecule has 3 aromatic carbocycles. The smallest absolute Gasteiger partial charge is 0.253 e. The number of carbonyl (C=O) groups excluding carboxylic acids is 1. The van der Waals surface area contributed by atoms with Crippen molar-refractivity contribution < 1.29 is 9.90 Å². The van der Waals surface area contributed by atoms with Gasteiger partial charge in [0.2, 0.25) is 0 Å². The van der Waals surface area contributed by atoms with E-state index in [0.717, 1.165) is 68.9 Å². The Morgan fingerprint density at radius 3 is 2.41 bits per heavy atom. The summed E-state index contributed by atoms with van der Waals surface area (Å²) in [7, 11) is 0. The molecule has 3 aromatic rings. The topological polar surface area (TPSA) is 43.8 Å². The average Bonchev–Trinajstić information content (AvgIpc) is 2.98. The molecule has 0 radical (unpaired) electrons. The molecule has 0 aromatic heterocycles. The molecule has 1 unspecified atom stereocenters. The third-order valence-corrected chi connectivity index (χ3v) is 10.1. The number of phenols is 1. The van der Waals surface area contributed by atoms with Gasteiger partial charge in [-0.2, -0.15) is 0 Å². The largest absolute Gasteiger partial charge is 0.508 e. The Kier molecular flexibility index (Phi) is 9.44. The van der Waals surface area contributed by atoms with Crippen LogP contribution in [0.2, 0.25) is 10.0 Å². The first-order valence-corrected chi connectivity index (χ1v) is 15.7. The quantitative estimate of drug-likeness (QED) is 0.275. The normalized spacial score (nSPS) is 20.7. The highest BCUT2D eigenvalue weighted by Gasteiger charge is 2.39. The van der Waals surface area contributed by atoms with Gasteiger partial charge in [0.05, 0.1) is 10.0 Å². The van der Waals surface area contributed by atoms with Crippen molar-refractivity contribution in [2.45, 2.75) is 43.4 Å². The molecule has 1 atom stereocenters. The highest BCUT2D eigenvalue weighted by atomic mass is 35.5. The fraction of sp³-hybridized carbons (Fsp3) is 0.406. The molecule has 7 heteroatoms. The Hall–Kier alpha value is -2.18. The molecule has 4 nitrogen and oxygen atoms in total. The number of rotatable bonds is 8. The Morgan fingerprint density at radius 1 is 0.949 bits per heavy atom. The lowest BCUT2D eigenvalue weighted by Crippen LogP contribution is -2.49. The van der Waals surface area contributed by atoms with Crippen molar-refractivity contribution in [3.8, 4) is 5.75 Å². The number of nitrogens with zero attached hydrogens (tertiary/aromatic N) is 2. The summed E-state index contributed by atoms with van der Waals surface area (Å²) >= 11 is 14.7. The molecule has 206 valence electrons. The Labute approximate surface area is 246 Å². The lowest BCUT2D eigenvalue weighted by atomic mass is 9.72. The molecular weight excluding hydrogens is 547 g/mol. The van der Waals surface area contributed by atoms with Gasteiger partial charge in [-0.05, 0) is 104 Å². The molecular formula is C32H36Cl2N2O2S. The van der Waals surface area contributed by atoms with Gasteiger partial charge >= 0.3 is 0 Å². The van der Waals surface area contributed by atoms with Crippen molar-refractivity contribution >= 4 is 40.9 Å². The molecule has 2 heterocycles. The predicted octanol–water partition coefficient (Wildman–Crippen LogP) is 7.83. The van der Waals surface area contributed by atoms with Crippen LogP contribution in [0.5, 0.6) is 5.75 Å². The van der Waals surface area contributed by atoms with Crippen LogP contribution < -0.4 is 0 Å². The SMILES string of the molecule is O=C(c1ccccc1)N1CCCC(CCSCN2CCC(c3ccc(O)cc3)CC2)(c2ccc(Cl)c(Cl)c2)C1. The molecule has 2 aliphatic heterocycles. The average molecular weight is 584 g/mol. The number of thioether (sulfide) groups is 1. The van der Waals surface area contributed by atoms with Gasteiger partial charge in [0, 0.05) is 29.9 Å². The van der Waals surface area contributed by atoms with Crippen molar-refractivity contribution in [3.63, 3.8) is 0 Å². The van der Waals surface area contributed by atoms with E-state index in [4.69, 9.17) is 23.2 Å². The fourth-order valence-corrected chi connectivity index (χ4v) is 7.56. The monoisotopic (exact) mass is 582 g/mol. The van der Waals surface area contributed by atoms with Crippen LogP contribution in [0.1, 0.15) is 59.5 Å². The van der Waals surface area contributed by atoms with Gasteiger partial charge in [-0.15, -0.1) is 11.8 Å². The van der Waals surface area contributed by atoms with E-state index in [1.807, 2.05) is 59.1 Å². The van der Waals surface area contributed by atoms with Crippen molar-refractivity contribution in [2.24, 2.45) is 0 Å². The van der Waals surface area contributed by atoms with E-state index in [2.05, 4.69) is 23.1 Å². The highest BCUT2D eigenvalue weighted by Crippen LogP contribution is 2.41. The van der Waals surface area contributed by atoms with Gasteiger partial charge in [-0.3, -0.25) is 9.69 Å². The molecule has 2 saturated heterocycles. The van der Waals surface area contributed by atoms with Crippen LogP contribution in [-0.2, 0) is 5.41 Å². The second kappa shape index (κ2) is 13.0. The zero-order chi connectivity index (χ0) is 27.2. The summed E-state index contributed by atoms with van der Waals surface area (Å²) in [4.78, 5) is 18.0. The summed E-state index contributed by atoms with van der Waals surface area (Å²) < 4.78 is 0. The van der Waals surface area contributed by atoms with Crippen molar-refractivity contribution in [3.05, 3.63) is 99.5 Å². The second-order valence-corrected chi connectivity index (χ2v) is 12.8. The minimum absolute atomic E-state index is 0.101. The van der Waals surface area contributed by atoms with Crippen LogP contribution in [0.25, 0.3) is 0 Å². The molecule has 0 spiro atoms. The maximum Gasteiger partial charge on any atom is 0.253 e. The molecule has 39 heavy (non-hydrogen) atoms. The number of carbonyl (C=O) groups is 1. The number of aromatic hydroxyl groups is 1. The lowest BCUT2D eigenvalue weighted by molar-refractivity contribution is 0.0632. The maximum atomic E-state index is 13.4. The number of hydrogen-bond donors (Lipinski definition) is 1. The summed E-state index contributed by atoms with van der Waals surface area (Å²) in [5.41, 5.74) is 3.11. The van der Waals surface area contributed by atoms with Gasteiger partial charge in [0.1, 0.15) is 5.75 Å². The molecule has 1 N–H and O–H groups in total. The molecule has 0 bridgehead atoms. The number of halogens is 2. The van der Waals surface area contributed by atoms with Crippen molar-refractivity contribution in [2.75, 3.05) is 37.8 Å². The minimum Gasteiger partial charge on any atom is -0.508 e. The number of piperidine rings is 2. The van der Waals surface area contributed by atoms with Crippen molar-refractivity contribution in [1.29, 1.82) is 0 Å². The van der Waals surface area contributed by atoms with E-state index >= 15 is 0 Å². The summed E-state index contributed by atoms with van der Waals surface area (Å²) in [6.45, 7) is 3.66. The maximum absolute atomic E-state index is 13.4. The fourth-order valence-electron chi connectivity index (χ4n) is 6.08. The third kappa shape index (κ3) is 6.94. The Morgan fingerprint density at radius 2 is 1.69 bits per heavy atom. The Bertz CT molecular complexity index is 1250. The van der Waals surface area contributed by atoms with Crippen LogP contribution in [-0.4, -0.2) is 58.6 Å². The van der Waals surface area contributed by atoms with Crippen LogP contribution >= 0.6 is 35.0 Å². The Balaban J connectivity index is 1.21. The summed E-state index contributed by atoms with van der Waals surface area (Å²) in [5, 5.41) is 10.7. The first-order chi connectivity index (χ1) is 18.9. The summed E-state index contributed by atoms with van der Waals surface area (Å²) in [5.74, 6) is 3.04. The van der Waals surface area contributed by atoms with Crippen molar-refractivity contribution in [1.82, 2.24) is 9.80 Å². The first kappa shape index (κ1) is 28.4. The van der Waals surface area contributed by atoms with E-state index < -0.39 is 0 Å². The zero-order valence-corrected chi connectivity index (χ0v) is 24.5. The van der Waals surface area contributed by atoms with Crippen LogP contribution in [0.15, 0.2) is 72.8 Å². The summed E-state index contributed by atoms with van der Waals surface area (Å²) in [6.07, 6.45) is 5.28. The standard InChI is InChI=1S/C32H36Cl2N2O2S/c33-29-12-9-27(21-30(29)34)32(15-4-17-36(22-32)31(38)26-5-2-1-3-6-26)16-20-39-23-35-18-13-25(14-19-35)24-7-10-28(37)11-8-24/h1-3,5-12,21,25,37H,4,13-20,22-23H2. The van der Waals surface area contributed by atoms with Gasteiger partial charge in [0.15, 0.2) is 0 Å². The number of amides is 1. The zero-order valence-electron chi connectivity index (χ0n) is 22.2. The van der Waals surface area contributed by atoms with Gasteiger partial charge in [0.25, 0.3) is 5.91 Å². The lowest BCUT2D eigenvalue weighted by Gasteiger charge is -2.44. The van der Waals surface area contributed by atoms with Crippen LogP contribution in [0.3, 0.4) is 0 Å². The van der Waals surface area contributed by atoms with Crippen LogP contribution in [0.4, 0.5) is 0 Å². The number of hydrogen-bond acceptors (Lipinski definition) is 4. The number of phenolic OH excluding ortho intramolecular Hbond substituents is 1. The molecule has 2 fully saturated rings. The van der Waals surface area contributed by atoms with Crippen LogP contribution in [0, 0.1) is 0 Å². The highest BCUT2D eigenvalue weighted by molar-refractivity contribution is 7.99. The van der Waals surface area contributed by atoms with E-state index in [9.17, 15) is 9.90 Å². The van der Waals surface area contributed by atoms with Gasteiger partial charge < -0.3 is 10.0 Å². The number of benzene rings is 3. The van der Waals surface area contributed by atoms with Gasteiger partial charge in [-0.25, -0.2) is 0 Å². The minimum atomic E-state index is -0.143. The molecule has 0 aliphatic carbocycles. The molecule has 5 rings (SSSR count). The predicted molar refractivity (Wildman–Crippen MR) is 163 cm³/mol. The van der Waals surface area contributed by atoms with Gasteiger partial charge in [-0.1, -0.05) is 59.6 Å². The molecule has 1 amide bonds. The van der Waals surface area contributed by atoms with E-state index in [0.29, 0.717) is 28.3 Å². The third-order valence-electron chi connectivity index (χ3n) is 8.37. The van der Waals surface area contributed by atoms with E-state index in [1.54, 1.807) is 12.1 Å². The molecule has 2 aliphatic rings.